The van der Waals surface area contributed by atoms with E-state index in [1.165, 1.54) is 0 Å². The normalized spacial score (nSPS) is 12.6. The third-order valence-electron chi connectivity index (χ3n) is 2.29. The molecule has 3 heteroatoms. The third kappa shape index (κ3) is 3.67. The summed E-state index contributed by atoms with van der Waals surface area (Å²) < 4.78 is 6.18. The molecule has 1 rings (SSSR count). The van der Waals surface area contributed by atoms with E-state index in [-0.39, 0.29) is 12.1 Å². The van der Waals surface area contributed by atoms with Gasteiger partial charge in [-0.3, -0.25) is 0 Å². The predicted molar refractivity (Wildman–Crippen MR) is 63.9 cm³/mol. The highest BCUT2D eigenvalue weighted by Gasteiger charge is 2.14. The number of halogens is 1. The van der Waals surface area contributed by atoms with Crippen molar-refractivity contribution in [1.82, 2.24) is 0 Å². The zero-order valence-corrected chi connectivity index (χ0v) is 10.7. The van der Waals surface area contributed by atoms with E-state index in [4.69, 9.17) is 4.74 Å². The van der Waals surface area contributed by atoms with E-state index >= 15 is 0 Å². The number of benzene rings is 1. The summed E-state index contributed by atoms with van der Waals surface area (Å²) >= 11 is 3.32. The van der Waals surface area contributed by atoms with Crippen LogP contribution in [-0.4, -0.2) is 12.1 Å². The van der Waals surface area contributed by atoms with Gasteiger partial charge in [0.25, 0.3) is 0 Å². The molecule has 1 aromatic carbocycles. The van der Waals surface area contributed by atoms with E-state index in [1.807, 2.05) is 32.9 Å². The van der Waals surface area contributed by atoms with Gasteiger partial charge in [0.2, 0.25) is 0 Å². The van der Waals surface area contributed by atoms with Crippen molar-refractivity contribution in [2.24, 2.45) is 5.92 Å². The maximum Gasteiger partial charge on any atom is 0.338 e. The Kier molecular flexibility index (Phi) is 4.33. The number of hydrogen-bond donors (Lipinski definition) is 0. The molecule has 0 aromatic heterocycles. The minimum Gasteiger partial charge on any atom is -0.459 e. The van der Waals surface area contributed by atoms with Gasteiger partial charge in [0.1, 0.15) is 6.10 Å². The fourth-order valence-electron chi connectivity index (χ4n) is 0.988. The number of hydrogen-bond acceptors (Lipinski definition) is 2. The number of ether oxygens (including phenoxy) is 1. The lowest BCUT2D eigenvalue weighted by molar-refractivity contribution is 0.0238. The van der Waals surface area contributed by atoms with Gasteiger partial charge >= 0.3 is 5.97 Å². The van der Waals surface area contributed by atoms with Crippen LogP contribution >= 0.6 is 15.9 Å². The summed E-state index contributed by atoms with van der Waals surface area (Å²) in [7, 11) is 0. The fraction of sp³-hybridized carbons (Fsp3) is 0.417. The van der Waals surface area contributed by atoms with Crippen LogP contribution in [0.2, 0.25) is 0 Å². The Labute approximate surface area is 98.8 Å². The van der Waals surface area contributed by atoms with Crippen molar-refractivity contribution < 1.29 is 9.53 Å². The predicted octanol–water partition coefficient (Wildman–Crippen LogP) is 3.65. The molecule has 0 fully saturated rings. The summed E-state index contributed by atoms with van der Waals surface area (Å²) in [6, 6.07) is 7.21. The molecule has 0 bridgehead atoms. The fourth-order valence-corrected chi connectivity index (χ4v) is 1.39. The summed E-state index contributed by atoms with van der Waals surface area (Å²) in [4.78, 5) is 11.7. The van der Waals surface area contributed by atoms with Crippen molar-refractivity contribution in [2.45, 2.75) is 26.9 Å². The van der Waals surface area contributed by atoms with Gasteiger partial charge in [-0.25, -0.2) is 4.79 Å². The van der Waals surface area contributed by atoms with E-state index in [0.29, 0.717) is 11.5 Å². The summed E-state index contributed by atoms with van der Waals surface area (Å²) in [6.07, 6.45) is -0.0588. The molecular formula is C12H15BrO2. The lowest BCUT2D eigenvalue weighted by atomic mass is 10.1. The van der Waals surface area contributed by atoms with Gasteiger partial charge in [0, 0.05) is 4.47 Å². The van der Waals surface area contributed by atoms with E-state index in [9.17, 15) is 4.79 Å². The average Bonchev–Trinajstić information content (AvgIpc) is 2.17. The number of carbonyl (C=O) groups excluding carboxylic acids is 1. The summed E-state index contributed by atoms with van der Waals surface area (Å²) in [5, 5.41) is 0. The second kappa shape index (κ2) is 5.31. The molecule has 0 N–H and O–H groups in total. The zero-order chi connectivity index (χ0) is 11.4. The first-order valence-corrected chi connectivity index (χ1v) is 5.76. The Morgan fingerprint density at radius 3 is 2.53 bits per heavy atom. The first-order chi connectivity index (χ1) is 7.00. The first-order valence-electron chi connectivity index (χ1n) is 4.97. The zero-order valence-electron chi connectivity index (χ0n) is 9.16. The van der Waals surface area contributed by atoms with E-state index in [0.717, 1.165) is 4.47 Å². The molecule has 0 spiro atoms. The molecule has 1 atom stereocenters. The Balaban J connectivity index is 2.69. The second-order valence-electron chi connectivity index (χ2n) is 3.86. The van der Waals surface area contributed by atoms with Gasteiger partial charge in [0.05, 0.1) is 5.56 Å². The van der Waals surface area contributed by atoms with Gasteiger partial charge in [-0.15, -0.1) is 0 Å². The van der Waals surface area contributed by atoms with Crippen LogP contribution in [0.1, 0.15) is 31.1 Å². The molecule has 82 valence electrons. The smallest absolute Gasteiger partial charge is 0.338 e. The number of rotatable bonds is 3. The van der Waals surface area contributed by atoms with E-state index < -0.39 is 0 Å². The first kappa shape index (κ1) is 12.2. The van der Waals surface area contributed by atoms with Crippen LogP contribution in [0.3, 0.4) is 0 Å². The van der Waals surface area contributed by atoms with Crippen molar-refractivity contribution in [3.8, 4) is 0 Å². The van der Waals surface area contributed by atoms with Gasteiger partial charge in [-0.05, 0) is 31.0 Å². The Morgan fingerprint density at radius 1 is 1.33 bits per heavy atom. The Hall–Kier alpha value is -0.830. The van der Waals surface area contributed by atoms with Crippen LogP contribution in [0.25, 0.3) is 0 Å². The van der Waals surface area contributed by atoms with Crippen LogP contribution in [0.5, 0.6) is 0 Å². The lowest BCUT2D eigenvalue weighted by Crippen LogP contribution is -2.20. The van der Waals surface area contributed by atoms with Crippen molar-refractivity contribution in [2.75, 3.05) is 0 Å². The second-order valence-corrected chi connectivity index (χ2v) is 4.78. The molecule has 0 saturated heterocycles. The summed E-state index contributed by atoms with van der Waals surface area (Å²) in [5.74, 6) is 0.0682. The molecule has 0 aliphatic carbocycles. The average molecular weight is 271 g/mol. The van der Waals surface area contributed by atoms with Gasteiger partial charge < -0.3 is 4.74 Å². The molecule has 1 unspecified atom stereocenters. The van der Waals surface area contributed by atoms with E-state index in [1.54, 1.807) is 12.1 Å². The Morgan fingerprint density at radius 2 is 2.00 bits per heavy atom. The molecule has 0 saturated carbocycles. The monoisotopic (exact) mass is 270 g/mol. The van der Waals surface area contributed by atoms with Crippen molar-refractivity contribution >= 4 is 21.9 Å². The topological polar surface area (TPSA) is 26.3 Å². The van der Waals surface area contributed by atoms with E-state index in [2.05, 4.69) is 15.9 Å². The van der Waals surface area contributed by atoms with Crippen molar-refractivity contribution in [1.29, 1.82) is 0 Å². The SMILES string of the molecule is CC(C)C(C)OC(=O)c1cccc(Br)c1. The van der Waals surface area contributed by atoms with Gasteiger partial charge in [-0.2, -0.15) is 0 Å². The molecule has 1 aromatic rings. The number of carbonyl (C=O) groups is 1. The van der Waals surface area contributed by atoms with Crippen LogP contribution in [0, 0.1) is 5.92 Å². The summed E-state index contributed by atoms with van der Waals surface area (Å²) in [6.45, 7) is 5.96. The van der Waals surface area contributed by atoms with Crippen LogP contribution < -0.4 is 0 Å². The van der Waals surface area contributed by atoms with Crippen LogP contribution in [0.4, 0.5) is 0 Å². The maximum absolute atomic E-state index is 11.7. The molecule has 2 nitrogen and oxygen atoms in total. The number of esters is 1. The minimum atomic E-state index is -0.266. The van der Waals surface area contributed by atoms with Crippen LogP contribution in [0.15, 0.2) is 28.7 Å². The molecular weight excluding hydrogens is 256 g/mol. The molecule has 0 heterocycles. The lowest BCUT2D eigenvalue weighted by Gasteiger charge is -2.16. The minimum absolute atomic E-state index is 0.0588. The summed E-state index contributed by atoms with van der Waals surface area (Å²) in [5.41, 5.74) is 0.580. The highest BCUT2D eigenvalue weighted by atomic mass is 79.9. The van der Waals surface area contributed by atoms with Crippen molar-refractivity contribution in [3.63, 3.8) is 0 Å². The highest BCUT2D eigenvalue weighted by molar-refractivity contribution is 9.10. The van der Waals surface area contributed by atoms with Gasteiger partial charge in [0.15, 0.2) is 0 Å². The Bertz CT molecular complexity index is 347. The highest BCUT2D eigenvalue weighted by Crippen LogP contribution is 2.14. The largest absolute Gasteiger partial charge is 0.459 e. The maximum atomic E-state index is 11.7. The molecule has 0 radical (unpaired) electrons. The van der Waals surface area contributed by atoms with Crippen molar-refractivity contribution in [3.05, 3.63) is 34.3 Å². The molecule has 0 aliphatic heterocycles. The molecule has 0 aliphatic rings. The standard InChI is InChI=1S/C12H15BrO2/c1-8(2)9(3)15-12(14)10-5-4-6-11(13)7-10/h4-9H,1-3H3. The van der Waals surface area contributed by atoms with Gasteiger partial charge in [-0.1, -0.05) is 35.8 Å². The van der Waals surface area contributed by atoms with Crippen LogP contribution in [-0.2, 0) is 4.74 Å². The molecule has 0 amide bonds. The third-order valence-corrected chi connectivity index (χ3v) is 2.79. The quantitative estimate of drug-likeness (QED) is 0.784. The molecule has 15 heavy (non-hydrogen) atoms.